The molecular formula is C34H48NO11. The lowest BCUT2D eigenvalue weighted by Gasteiger charge is -2.49. The van der Waals surface area contributed by atoms with E-state index in [-0.39, 0.29) is 13.2 Å². The van der Waals surface area contributed by atoms with Crippen molar-refractivity contribution in [3.63, 3.8) is 0 Å². The number of piperidine rings is 1. The third-order valence-corrected chi connectivity index (χ3v) is 7.54. The minimum atomic E-state index is -0.652. The van der Waals surface area contributed by atoms with Crippen molar-refractivity contribution in [2.75, 3.05) is 79.3 Å². The molecule has 0 amide bonds. The number of ether oxygens (including phenoxy) is 9. The highest BCUT2D eigenvalue weighted by atomic mass is 16.6. The number of carbonyl (C=O) groups is 1. The van der Waals surface area contributed by atoms with Crippen molar-refractivity contribution >= 4 is 5.97 Å². The van der Waals surface area contributed by atoms with Gasteiger partial charge in [0.1, 0.15) is 32.5 Å². The number of fused-ring (bicyclic) bond motifs is 2. The van der Waals surface area contributed by atoms with Crippen LogP contribution in [0.15, 0.2) is 42.5 Å². The first kappa shape index (κ1) is 35.7. The molecule has 4 rings (SSSR count). The van der Waals surface area contributed by atoms with E-state index in [1.165, 1.54) is 0 Å². The molecule has 0 aromatic heterocycles. The number of esters is 1. The molecular weight excluding hydrogens is 598 g/mol. The minimum Gasteiger partial charge on any atom is -0.487 e. The highest BCUT2D eigenvalue weighted by molar-refractivity contribution is 5.90. The molecule has 1 radical (unpaired) electrons. The second kappa shape index (κ2) is 17.7. The zero-order valence-corrected chi connectivity index (χ0v) is 27.5. The van der Waals surface area contributed by atoms with Crippen molar-refractivity contribution in [1.82, 2.24) is 5.06 Å². The van der Waals surface area contributed by atoms with Crippen molar-refractivity contribution in [3.8, 4) is 23.0 Å². The van der Waals surface area contributed by atoms with Crippen LogP contribution in [0.3, 0.4) is 0 Å². The standard InChI is InChI=1S/C34H48NO11/c1-33(2)24-27(25-34(3,4)35(33)37)46-32(36)26-9-10-30-31(23-26)45-22-18-41-14-13-39-16-20-43-29-8-6-5-7-28(29)42-19-15-38-11-12-40-17-21-44-30/h5-10,23,27H,11-22,24-25H2,1-4H3. The van der Waals surface area contributed by atoms with Gasteiger partial charge in [0, 0.05) is 23.9 Å². The molecule has 2 aromatic carbocycles. The lowest BCUT2D eigenvalue weighted by molar-refractivity contribution is -0.298. The Hall–Kier alpha value is -3.13. The van der Waals surface area contributed by atoms with E-state index in [1.807, 2.05) is 52.0 Å². The van der Waals surface area contributed by atoms with Crippen LogP contribution in [-0.2, 0) is 28.9 Å². The monoisotopic (exact) mass is 646 g/mol. The maximum absolute atomic E-state index is 13.2. The summed E-state index contributed by atoms with van der Waals surface area (Å²) in [5.41, 5.74) is -0.978. The van der Waals surface area contributed by atoms with Gasteiger partial charge in [0.2, 0.25) is 0 Å². The fourth-order valence-electron chi connectivity index (χ4n) is 5.52. The molecule has 46 heavy (non-hydrogen) atoms. The number of carbonyl (C=O) groups excluding carboxylic acids is 1. The summed E-state index contributed by atoms with van der Waals surface area (Å²) >= 11 is 0. The summed E-state index contributed by atoms with van der Waals surface area (Å²) in [5.74, 6) is 1.66. The van der Waals surface area contributed by atoms with Gasteiger partial charge in [-0.05, 0) is 58.0 Å². The largest absolute Gasteiger partial charge is 0.487 e. The molecule has 12 heteroatoms. The van der Waals surface area contributed by atoms with Crippen LogP contribution in [0.4, 0.5) is 0 Å². The van der Waals surface area contributed by atoms with Gasteiger partial charge in [-0.1, -0.05) is 12.1 Å². The number of para-hydroxylation sites is 2. The molecule has 12 nitrogen and oxygen atoms in total. The summed E-state index contributed by atoms with van der Waals surface area (Å²) in [6.07, 6.45) is 0.492. The minimum absolute atomic E-state index is 0.229. The SMILES string of the molecule is CC1(C)CC(OC(=O)c2ccc3c(c2)OCCOCCOCCOc2ccccc2OCCOCCOCCO3)CC(C)(C)N1[O]. The van der Waals surface area contributed by atoms with Crippen LogP contribution in [0, 0.1) is 0 Å². The van der Waals surface area contributed by atoms with Crippen molar-refractivity contribution < 1.29 is 52.6 Å². The predicted molar refractivity (Wildman–Crippen MR) is 167 cm³/mol. The van der Waals surface area contributed by atoms with Gasteiger partial charge in [0.05, 0.1) is 58.4 Å². The molecule has 1 fully saturated rings. The van der Waals surface area contributed by atoms with Gasteiger partial charge < -0.3 is 42.6 Å². The van der Waals surface area contributed by atoms with E-state index >= 15 is 0 Å². The third-order valence-electron chi connectivity index (χ3n) is 7.54. The van der Waals surface area contributed by atoms with Crippen molar-refractivity contribution in [2.24, 2.45) is 0 Å². The lowest BCUT2D eigenvalue weighted by atomic mass is 9.80. The van der Waals surface area contributed by atoms with E-state index in [0.717, 1.165) is 5.06 Å². The molecule has 0 unspecified atom stereocenters. The van der Waals surface area contributed by atoms with Gasteiger partial charge in [-0.2, -0.15) is 0 Å². The first-order chi connectivity index (χ1) is 22.2. The Morgan fingerprint density at radius 3 is 1.46 bits per heavy atom. The van der Waals surface area contributed by atoms with Crippen molar-refractivity contribution in [1.29, 1.82) is 0 Å². The molecule has 2 aliphatic heterocycles. The van der Waals surface area contributed by atoms with Crippen molar-refractivity contribution in [2.45, 2.75) is 57.7 Å². The number of hydroxylamine groups is 2. The van der Waals surface area contributed by atoms with Gasteiger partial charge >= 0.3 is 5.97 Å². The summed E-state index contributed by atoms with van der Waals surface area (Å²) in [6.45, 7) is 11.7. The number of hydrogen-bond donors (Lipinski definition) is 0. The summed E-state index contributed by atoms with van der Waals surface area (Å²) in [6, 6.07) is 12.4. The summed E-state index contributed by atoms with van der Waals surface area (Å²) < 4.78 is 52.0. The van der Waals surface area contributed by atoms with E-state index < -0.39 is 23.2 Å². The molecule has 0 bridgehead atoms. The summed E-state index contributed by atoms with van der Waals surface area (Å²) in [5, 5.41) is 13.8. The van der Waals surface area contributed by atoms with Crippen LogP contribution >= 0.6 is 0 Å². The molecule has 0 saturated carbocycles. The van der Waals surface area contributed by atoms with E-state index in [0.29, 0.717) is 107 Å². The van der Waals surface area contributed by atoms with Crippen LogP contribution in [0.1, 0.15) is 50.9 Å². The van der Waals surface area contributed by atoms with Crippen LogP contribution in [0.5, 0.6) is 23.0 Å². The number of hydrogen-bond acceptors (Lipinski definition) is 11. The van der Waals surface area contributed by atoms with Gasteiger partial charge in [0.25, 0.3) is 0 Å². The Balaban J connectivity index is 1.32. The predicted octanol–water partition coefficient (Wildman–Crippen LogP) is 4.51. The van der Waals surface area contributed by atoms with E-state index in [1.54, 1.807) is 18.2 Å². The molecule has 1 saturated heterocycles. The lowest BCUT2D eigenvalue weighted by Crippen LogP contribution is -2.60. The zero-order valence-electron chi connectivity index (χ0n) is 27.5. The van der Waals surface area contributed by atoms with Crippen molar-refractivity contribution in [3.05, 3.63) is 48.0 Å². The average Bonchev–Trinajstić information content (AvgIpc) is 3.01. The highest BCUT2D eigenvalue weighted by Crippen LogP contribution is 2.39. The van der Waals surface area contributed by atoms with Gasteiger partial charge in [-0.15, -0.1) is 10.3 Å². The highest BCUT2D eigenvalue weighted by Gasteiger charge is 2.47. The Labute approximate surface area is 271 Å². The van der Waals surface area contributed by atoms with E-state index in [9.17, 15) is 10.0 Å². The van der Waals surface area contributed by atoms with Gasteiger partial charge in [-0.3, -0.25) is 0 Å². The maximum atomic E-state index is 13.2. The first-order valence-corrected chi connectivity index (χ1v) is 15.9. The Kier molecular flexibility index (Phi) is 13.7. The van der Waals surface area contributed by atoms with Crippen LogP contribution in [0.2, 0.25) is 0 Å². The molecule has 0 spiro atoms. The fourth-order valence-corrected chi connectivity index (χ4v) is 5.52. The van der Waals surface area contributed by atoms with Crippen LogP contribution < -0.4 is 18.9 Å². The molecule has 0 aliphatic carbocycles. The molecule has 2 aliphatic rings. The summed E-state index contributed by atoms with van der Waals surface area (Å²) in [7, 11) is 0. The first-order valence-electron chi connectivity index (χ1n) is 15.9. The second-order valence-corrected chi connectivity index (χ2v) is 12.3. The Morgan fingerprint density at radius 2 is 1.00 bits per heavy atom. The third kappa shape index (κ3) is 11.0. The second-order valence-electron chi connectivity index (χ2n) is 12.3. The van der Waals surface area contributed by atoms with Crippen LogP contribution in [-0.4, -0.2) is 107 Å². The van der Waals surface area contributed by atoms with E-state index in [4.69, 9.17) is 42.6 Å². The Bertz CT molecular complexity index is 1200. The fraction of sp³-hybridized carbons (Fsp3) is 0.618. The van der Waals surface area contributed by atoms with E-state index in [2.05, 4.69) is 0 Å². The summed E-state index contributed by atoms with van der Waals surface area (Å²) in [4.78, 5) is 13.2. The quantitative estimate of drug-likeness (QED) is 0.429. The molecule has 0 atom stereocenters. The molecule has 0 N–H and O–H groups in total. The zero-order chi connectivity index (χ0) is 32.8. The molecule has 2 heterocycles. The number of benzene rings is 2. The smallest absolute Gasteiger partial charge is 0.338 e. The maximum Gasteiger partial charge on any atom is 0.338 e. The average molecular weight is 647 g/mol. The Morgan fingerprint density at radius 1 is 0.609 bits per heavy atom. The topological polar surface area (TPSA) is 123 Å². The molecule has 255 valence electrons. The van der Waals surface area contributed by atoms with Crippen LogP contribution in [0.25, 0.3) is 0 Å². The normalized spacial score (nSPS) is 21.4. The number of rotatable bonds is 2. The van der Waals surface area contributed by atoms with Gasteiger partial charge in [0.15, 0.2) is 23.0 Å². The molecule has 2 aromatic rings. The number of nitrogens with zero attached hydrogens (tertiary/aromatic N) is 1. The van der Waals surface area contributed by atoms with Gasteiger partial charge in [-0.25, -0.2) is 4.79 Å².